The second-order valence-corrected chi connectivity index (χ2v) is 47.1. The first kappa shape index (κ1) is 82.2. The molecule has 124 heavy (non-hydrogen) atoms. The van der Waals surface area contributed by atoms with E-state index in [4.69, 9.17) is 0 Å². The summed E-state index contributed by atoms with van der Waals surface area (Å²) in [4.78, 5) is 10.8. The van der Waals surface area contributed by atoms with Crippen molar-refractivity contribution in [2.75, 3.05) is 19.6 Å². The second-order valence-electron chi connectivity index (χ2n) is 44.9. The molecule has 0 radical (unpaired) electrons. The Balaban J connectivity index is 0.723. The van der Waals surface area contributed by atoms with Gasteiger partial charge in [0.1, 0.15) is 0 Å². The second kappa shape index (κ2) is 28.2. The molecular formula is C116H124B2N4S2. The normalized spacial score (nSPS) is 18.4. The van der Waals surface area contributed by atoms with E-state index in [1.165, 1.54) is 238 Å². The maximum Gasteiger partial charge on any atom is 0.264 e. The number of allylic oxidation sites excluding steroid dienone is 5. The molecule has 3 aliphatic carbocycles. The topological polar surface area (TPSA) is 13.0 Å². The lowest BCUT2D eigenvalue weighted by Crippen LogP contribution is -2.60. The van der Waals surface area contributed by atoms with E-state index in [0.29, 0.717) is 0 Å². The maximum absolute atomic E-state index is 2.73. The van der Waals surface area contributed by atoms with Crippen molar-refractivity contribution in [2.45, 2.75) is 256 Å². The van der Waals surface area contributed by atoms with Crippen molar-refractivity contribution in [3.05, 3.63) is 307 Å². The molecule has 13 aromatic rings. The number of benzene rings is 11. The molecule has 6 heterocycles. The molecule has 8 heteroatoms. The van der Waals surface area contributed by atoms with Crippen LogP contribution in [0.1, 0.15) is 241 Å². The van der Waals surface area contributed by atoms with E-state index in [0.717, 1.165) is 19.3 Å². The van der Waals surface area contributed by atoms with Crippen molar-refractivity contribution in [3.8, 4) is 22.3 Å². The van der Waals surface area contributed by atoms with Gasteiger partial charge in [-0.25, -0.2) is 0 Å². The number of thiophene rings is 2. The molecule has 2 aromatic heterocycles. The number of rotatable bonds is 8. The van der Waals surface area contributed by atoms with Gasteiger partial charge < -0.3 is 19.6 Å². The summed E-state index contributed by atoms with van der Waals surface area (Å²) in [6, 6.07) is 76.2. The van der Waals surface area contributed by atoms with Crippen LogP contribution in [0.3, 0.4) is 0 Å². The fourth-order valence-corrected chi connectivity index (χ4v) is 25.6. The molecule has 7 aliphatic rings. The first-order valence-electron chi connectivity index (χ1n) is 46.0. The van der Waals surface area contributed by atoms with Gasteiger partial charge in [-0.2, -0.15) is 0 Å². The Morgan fingerprint density at radius 2 is 0.855 bits per heavy atom. The van der Waals surface area contributed by atoms with Crippen LogP contribution < -0.4 is 45.5 Å². The number of nitrogens with zero attached hydrogens (tertiary/aromatic N) is 4. The Morgan fingerprint density at radius 1 is 0.379 bits per heavy atom. The van der Waals surface area contributed by atoms with Crippen LogP contribution >= 0.6 is 22.7 Å². The smallest absolute Gasteiger partial charge is 0.264 e. The third kappa shape index (κ3) is 13.1. The summed E-state index contributed by atoms with van der Waals surface area (Å²) in [7, 11) is 0. The Kier molecular flexibility index (Phi) is 18.7. The number of hydrogen-bond acceptors (Lipinski definition) is 6. The van der Waals surface area contributed by atoms with Crippen LogP contribution in [-0.2, 0) is 44.3 Å². The number of fused-ring (bicyclic) bond motifs is 14. The molecule has 626 valence electrons. The fraction of sp³-hybridized carbons (Fsp3) is 0.345. The summed E-state index contributed by atoms with van der Waals surface area (Å²) in [5.74, 6) is 0.0699. The molecule has 20 rings (SSSR count). The first-order chi connectivity index (χ1) is 58.4. The van der Waals surface area contributed by atoms with Gasteiger partial charge in [-0.05, 0) is 354 Å². The first-order valence-corrected chi connectivity index (χ1v) is 47.6. The van der Waals surface area contributed by atoms with Crippen molar-refractivity contribution < 1.29 is 0 Å². The average Bonchev–Trinajstić information content (AvgIpc) is 1.41. The standard InChI is InChI=1S/C116H124B2N4S2/c1-67-51-96-103-97(52-67)120(82-41-35-77(36-42-82)109(8,9)10)105-86-62-88-89(114(22,23)48-47-113(88,20)21)64-100(86)123-107(105)117(103)81-59-79(111(14,15)16)39-45-84(61-81)119(96)94-58-76(34-32-70(94)4)102-72(6)55-74(56-73(102)7)66-116(26)50-49-115(24,25)90-65-101-87(63-91(90)116)106-108(124-101)118-92-60-80(112(17,18)19)40-46-93(92)122(95-57-75(33-31-71(95)5)85-30-28-27-29-69(85)3)99-54-68(2)53-98(104(99)118)121(106)83-43-37-78(38-44-83)110(11,12)13/h27-46,51-65,81H,47-50,66H2,1-26H3. The highest BCUT2D eigenvalue weighted by Crippen LogP contribution is 2.58. The molecular weight excluding hydrogens is 1540 g/mol. The van der Waals surface area contributed by atoms with Gasteiger partial charge >= 0.3 is 0 Å². The van der Waals surface area contributed by atoms with Crippen molar-refractivity contribution in [1.82, 2.24) is 0 Å². The van der Waals surface area contributed by atoms with E-state index in [1.807, 2.05) is 0 Å². The third-order valence-electron chi connectivity index (χ3n) is 30.2. The van der Waals surface area contributed by atoms with Gasteiger partial charge in [0.05, 0.1) is 11.4 Å². The van der Waals surface area contributed by atoms with Gasteiger partial charge in [0.25, 0.3) is 6.71 Å². The third-order valence-corrected chi connectivity index (χ3v) is 32.7. The summed E-state index contributed by atoms with van der Waals surface area (Å²) in [6.45, 7) is 62.4. The van der Waals surface area contributed by atoms with Crippen LogP contribution in [0.15, 0.2) is 224 Å². The molecule has 0 amide bonds. The van der Waals surface area contributed by atoms with Crippen molar-refractivity contribution in [2.24, 2.45) is 5.41 Å². The van der Waals surface area contributed by atoms with E-state index >= 15 is 0 Å². The van der Waals surface area contributed by atoms with Crippen LogP contribution in [0.4, 0.5) is 62.6 Å². The predicted molar refractivity (Wildman–Crippen MR) is 543 cm³/mol. The zero-order valence-electron chi connectivity index (χ0n) is 78.6. The van der Waals surface area contributed by atoms with Crippen molar-refractivity contribution >= 4 is 145 Å². The quantitative estimate of drug-likeness (QED) is 0.141. The zero-order valence-corrected chi connectivity index (χ0v) is 80.2. The fourth-order valence-electron chi connectivity index (χ4n) is 22.9. The lowest BCUT2D eigenvalue weighted by Gasteiger charge is -2.45. The van der Waals surface area contributed by atoms with Crippen LogP contribution in [-0.4, -0.2) is 13.4 Å². The lowest BCUT2D eigenvalue weighted by atomic mass is 9.34. The summed E-state index contributed by atoms with van der Waals surface area (Å²) in [5.41, 5.74) is 45.8. The Bertz CT molecular complexity index is 6770. The minimum atomic E-state index is -0.169. The van der Waals surface area contributed by atoms with Gasteiger partial charge in [-0.3, -0.25) is 0 Å². The predicted octanol–water partition coefficient (Wildman–Crippen LogP) is 29.8. The highest BCUT2D eigenvalue weighted by molar-refractivity contribution is 7.34. The number of aryl methyl sites for hydroxylation is 7. The molecule has 2 unspecified atom stereocenters. The van der Waals surface area contributed by atoms with E-state index in [9.17, 15) is 0 Å². The van der Waals surface area contributed by atoms with Crippen LogP contribution in [0.25, 0.3) is 42.4 Å². The molecule has 11 aromatic carbocycles. The largest absolute Gasteiger partial charge is 0.311 e. The summed E-state index contributed by atoms with van der Waals surface area (Å²) < 4.78 is 5.64. The molecule has 0 N–H and O–H groups in total. The zero-order chi connectivity index (χ0) is 87.4. The molecule has 2 bridgehead atoms. The molecule has 0 saturated heterocycles. The van der Waals surface area contributed by atoms with Crippen molar-refractivity contribution in [3.63, 3.8) is 0 Å². The van der Waals surface area contributed by atoms with Gasteiger partial charge in [-0.15, -0.1) is 22.7 Å². The van der Waals surface area contributed by atoms with Gasteiger partial charge in [0.2, 0.25) is 6.71 Å². The minimum Gasteiger partial charge on any atom is -0.311 e. The van der Waals surface area contributed by atoms with Gasteiger partial charge in [-0.1, -0.05) is 247 Å². The van der Waals surface area contributed by atoms with Crippen LogP contribution in [0.2, 0.25) is 5.82 Å². The average molecular weight is 1660 g/mol. The van der Waals surface area contributed by atoms with E-state index in [1.54, 1.807) is 0 Å². The molecule has 2 atom stereocenters. The van der Waals surface area contributed by atoms with Gasteiger partial charge in [0, 0.05) is 86.6 Å². The summed E-state index contributed by atoms with van der Waals surface area (Å²) >= 11 is 4.12. The highest BCUT2D eigenvalue weighted by Gasteiger charge is 2.51. The maximum atomic E-state index is 2.73. The summed E-state index contributed by atoms with van der Waals surface area (Å²) in [6.07, 6.45) is 15.7. The molecule has 0 fully saturated rings. The van der Waals surface area contributed by atoms with E-state index in [2.05, 4.69) is 435 Å². The highest BCUT2D eigenvalue weighted by atomic mass is 32.1. The van der Waals surface area contributed by atoms with Gasteiger partial charge in [0.15, 0.2) is 0 Å². The van der Waals surface area contributed by atoms with Crippen LogP contribution in [0, 0.1) is 53.9 Å². The monoisotopic (exact) mass is 1660 g/mol. The van der Waals surface area contributed by atoms with E-state index < -0.39 is 0 Å². The number of hydrogen-bond donors (Lipinski definition) is 0. The van der Waals surface area contributed by atoms with Crippen LogP contribution in [0.5, 0.6) is 0 Å². The molecule has 4 aliphatic heterocycles. The molecule has 0 spiro atoms. The Hall–Kier alpha value is -10.1. The number of anilines is 11. The Morgan fingerprint density at radius 3 is 1.42 bits per heavy atom. The Labute approximate surface area is 749 Å². The SMILES string of the molecule is Cc1cc2c3c(c1)N(c1ccc(C(C)(C)C)cc1)c1c(sc4cc5c(cc14)C(C)(C)CCC5(C)C)B3C1C=C(C=CC(C(C)(C)C)=C1)N2c1cc(-c2c(C)cc(CC3(C)CCC(C)(C)c4cc5sc6c(c5cc43)N(c3ccc(C(C)(C)C)cc3)c3cc(C)cc4c3B6c3cc(C(C)(C)C)ccc3N4c3cc(-c4ccccc4C)ccc3C)cc2C)ccc1C. The van der Waals surface area contributed by atoms with Crippen molar-refractivity contribution in [1.29, 1.82) is 0 Å². The molecule has 4 nitrogen and oxygen atoms in total. The lowest BCUT2D eigenvalue weighted by molar-refractivity contribution is 0.311. The minimum absolute atomic E-state index is 0.00938. The molecule has 0 saturated carbocycles. The van der Waals surface area contributed by atoms with E-state index in [-0.39, 0.29) is 62.6 Å². The summed E-state index contributed by atoms with van der Waals surface area (Å²) in [5, 5.41) is 2.74.